The number of carbonyl (C=O) groups excluding carboxylic acids is 2. The molecule has 6 bridgehead atoms. The number of benzene rings is 10. The van der Waals surface area contributed by atoms with Gasteiger partial charge in [0, 0.05) is 45.1 Å². The summed E-state index contributed by atoms with van der Waals surface area (Å²) in [5, 5.41) is 14.3. The molecular weight excluding hydrogens is 949 g/mol. The molecule has 2 N–H and O–H groups in total. The molecule has 0 spiro atoms. The van der Waals surface area contributed by atoms with E-state index in [0.29, 0.717) is 62.1 Å². The lowest BCUT2D eigenvalue weighted by molar-refractivity contribution is -0.124. The third-order valence-corrected chi connectivity index (χ3v) is 15.1. The molecule has 0 fully saturated rings. The predicted molar refractivity (Wildman–Crippen MR) is 304 cm³/mol. The molecule has 1 aromatic heterocycles. The van der Waals surface area contributed by atoms with E-state index in [4.69, 9.17) is 18.9 Å². The first-order valence-corrected chi connectivity index (χ1v) is 26.2. The summed E-state index contributed by atoms with van der Waals surface area (Å²) in [5.41, 5.74) is 7.88. The fourth-order valence-electron chi connectivity index (χ4n) is 10.1. The molecule has 3 aliphatic rings. The minimum absolute atomic E-state index is 0.173. The maximum atomic E-state index is 13.4. The zero-order valence-corrected chi connectivity index (χ0v) is 42.0. The van der Waals surface area contributed by atoms with Gasteiger partial charge in [-0.2, -0.15) is 0 Å². The molecule has 3 aliphatic heterocycles. The van der Waals surface area contributed by atoms with E-state index in [-0.39, 0.29) is 25.0 Å². The molecule has 11 aromatic rings. The summed E-state index contributed by atoms with van der Waals surface area (Å²) in [6.45, 7) is 1.21. The first-order chi connectivity index (χ1) is 37.0. The summed E-state index contributed by atoms with van der Waals surface area (Å²) < 4.78 is 26.4. The van der Waals surface area contributed by atoms with Crippen LogP contribution in [0.3, 0.4) is 0 Å². The van der Waals surface area contributed by atoms with Crippen LogP contribution in [-0.4, -0.2) is 38.1 Å². The van der Waals surface area contributed by atoms with E-state index >= 15 is 0 Å². The van der Waals surface area contributed by atoms with Crippen molar-refractivity contribution in [3.05, 3.63) is 217 Å². The van der Waals surface area contributed by atoms with Crippen LogP contribution >= 0.6 is 11.3 Å². The van der Waals surface area contributed by atoms with Gasteiger partial charge in [0.1, 0.15) is 36.2 Å². The second-order valence-corrected chi connectivity index (χ2v) is 19.8. The summed E-state index contributed by atoms with van der Waals surface area (Å²) in [4.78, 5) is 29.1. The van der Waals surface area contributed by atoms with Gasteiger partial charge < -0.3 is 29.6 Å². The van der Waals surface area contributed by atoms with Crippen LogP contribution < -0.4 is 29.6 Å². The van der Waals surface area contributed by atoms with Gasteiger partial charge >= 0.3 is 0 Å². The molecule has 0 saturated carbocycles. The van der Waals surface area contributed by atoms with Crippen LogP contribution in [0.2, 0.25) is 0 Å². The van der Waals surface area contributed by atoms with Gasteiger partial charge in [-0.05, 0) is 115 Å². The van der Waals surface area contributed by atoms with Gasteiger partial charge in [0.15, 0.2) is 13.2 Å². The average Bonchev–Trinajstić information content (AvgIpc) is 3.98. The minimum Gasteiger partial charge on any atom is -0.488 e. The number of hydrogen-bond donors (Lipinski definition) is 2. The largest absolute Gasteiger partial charge is 0.488 e. The molecule has 2 amide bonds. The molecule has 75 heavy (non-hydrogen) atoms. The summed E-state index contributed by atoms with van der Waals surface area (Å²) in [5.74, 6) is 2.12. The first-order valence-electron chi connectivity index (χ1n) is 25.4. The van der Waals surface area contributed by atoms with Crippen LogP contribution in [0.4, 0.5) is 0 Å². The van der Waals surface area contributed by atoms with Gasteiger partial charge in [0.25, 0.3) is 11.8 Å². The van der Waals surface area contributed by atoms with E-state index in [1.807, 2.05) is 84.9 Å². The van der Waals surface area contributed by atoms with E-state index in [2.05, 4.69) is 132 Å². The monoisotopic (exact) mass is 1000 g/mol. The topological polar surface area (TPSA) is 95.1 Å². The Morgan fingerprint density at radius 2 is 0.627 bits per heavy atom. The second-order valence-electron chi connectivity index (χ2n) is 18.8. The smallest absolute Gasteiger partial charge is 0.257 e. The van der Waals surface area contributed by atoms with Crippen molar-refractivity contribution in [3.8, 4) is 66.1 Å². The Kier molecular flexibility index (Phi) is 13.4. The van der Waals surface area contributed by atoms with Crippen LogP contribution in [0.5, 0.6) is 23.0 Å². The minimum atomic E-state index is -0.236. The second kappa shape index (κ2) is 21.3. The molecule has 0 atom stereocenters. The lowest BCUT2D eigenvalue weighted by Crippen LogP contribution is -2.32. The number of carbonyl (C=O) groups is 2. The summed E-state index contributed by atoms with van der Waals surface area (Å²) in [6, 6.07) is 70.7. The zero-order valence-electron chi connectivity index (χ0n) is 41.1. The number of ether oxygens (including phenoxy) is 4. The quantitative estimate of drug-likeness (QED) is 0.157. The predicted octanol–water partition coefficient (Wildman–Crippen LogP) is 15.0. The van der Waals surface area contributed by atoms with Crippen molar-refractivity contribution >= 4 is 66.2 Å². The SMILES string of the molecule is O=C1COc2ccc3ccccc3c2-c2c(ccc3ccccc23)OCc2ccc(cc2)-c2ccc(s2)-c2ccc(cc2)COc2ccc3ccccc3c2-c2c(ccc3ccccc23)OCC(=O)NCCCCN1. The number of hydrogen-bond acceptors (Lipinski definition) is 7. The number of amides is 2. The highest BCUT2D eigenvalue weighted by molar-refractivity contribution is 7.18. The normalized spacial score (nSPS) is 13.9. The lowest BCUT2D eigenvalue weighted by atomic mass is 9.92. The van der Waals surface area contributed by atoms with E-state index in [9.17, 15) is 9.59 Å². The molecule has 9 heteroatoms. The highest BCUT2D eigenvalue weighted by atomic mass is 32.1. The van der Waals surface area contributed by atoms with Crippen molar-refractivity contribution in [2.45, 2.75) is 26.1 Å². The van der Waals surface area contributed by atoms with Gasteiger partial charge in [-0.3, -0.25) is 9.59 Å². The molecular formula is C66H52N2O6S. The Morgan fingerprint density at radius 1 is 0.320 bits per heavy atom. The molecule has 0 radical (unpaired) electrons. The number of fused-ring (bicyclic) bond motifs is 6. The number of rotatable bonds is 0. The van der Waals surface area contributed by atoms with E-state index < -0.39 is 0 Å². The Bertz CT molecular complexity index is 3650. The Morgan fingerprint density at radius 3 is 0.960 bits per heavy atom. The molecule has 368 valence electrons. The van der Waals surface area contributed by atoms with Crippen LogP contribution in [-0.2, 0) is 22.8 Å². The van der Waals surface area contributed by atoms with Crippen LogP contribution in [0.25, 0.3) is 86.2 Å². The summed E-state index contributed by atoms with van der Waals surface area (Å²) in [6.07, 6.45) is 1.32. The molecule has 0 saturated heterocycles. The summed E-state index contributed by atoms with van der Waals surface area (Å²) in [7, 11) is 0. The van der Waals surface area contributed by atoms with Gasteiger partial charge in [0.05, 0.1) is 0 Å². The maximum Gasteiger partial charge on any atom is 0.257 e. The van der Waals surface area contributed by atoms with Gasteiger partial charge in [-0.15, -0.1) is 11.3 Å². The van der Waals surface area contributed by atoms with Crippen LogP contribution in [0, 0.1) is 0 Å². The van der Waals surface area contributed by atoms with Gasteiger partial charge in [-0.25, -0.2) is 0 Å². The van der Waals surface area contributed by atoms with Gasteiger partial charge in [0.2, 0.25) is 0 Å². The van der Waals surface area contributed by atoms with E-state index in [1.165, 1.54) is 9.75 Å². The van der Waals surface area contributed by atoms with E-state index in [1.54, 1.807) is 11.3 Å². The molecule has 0 unspecified atom stereocenters. The fourth-order valence-corrected chi connectivity index (χ4v) is 11.1. The Balaban J connectivity index is 0.859. The van der Waals surface area contributed by atoms with Crippen molar-refractivity contribution in [2.24, 2.45) is 0 Å². The van der Waals surface area contributed by atoms with Crippen molar-refractivity contribution in [2.75, 3.05) is 26.3 Å². The first kappa shape index (κ1) is 47.1. The summed E-state index contributed by atoms with van der Waals surface area (Å²) >= 11 is 1.76. The number of nitrogens with one attached hydrogen (secondary N) is 2. The van der Waals surface area contributed by atoms with Crippen molar-refractivity contribution in [3.63, 3.8) is 0 Å². The molecule has 0 aliphatic carbocycles. The average molecular weight is 1000 g/mol. The molecule has 8 nitrogen and oxygen atoms in total. The Hall–Kier alpha value is -8.92. The number of thiophene rings is 1. The van der Waals surface area contributed by atoms with Crippen molar-refractivity contribution < 1.29 is 28.5 Å². The molecule has 10 aromatic carbocycles. The zero-order chi connectivity index (χ0) is 50.5. The molecule has 14 rings (SSSR count). The molecule has 4 heterocycles. The van der Waals surface area contributed by atoms with Gasteiger partial charge in [-0.1, -0.05) is 170 Å². The van der Waals surface area contributed by atoms with Crippen molar-refractivity contribution in [1.29, 1.82) is 0 Å². The third kappa shape index (κ3) is 9.98. The van der Waals surface area contributed by atoms with Crippen molar-refractivity contribution in [1.82, 2.24) is 10.6 Å². The van der Waals surface area contributed by atoms with Crippen LogP contribution in [0.15, 0.2) is 206 Å². The maximum absolute atomic E-state index is 13.4. The standard InChI is InChI=1S/C66H52N2O6S/c69-61-41-73-57-33-29-47-13-3-7-17-53(47)65(57)63-51-15-5-1-11-45(51)27-31-55(63)71-39-43-19-23-49(24-20-43)59-35-36-60(75-59)50-25-21-44(22-26-50)40-72-56-32-28-46-12-2-6-16-52(46)64(56)66-54-18-8-4-14-48(54)30-34-58(66)74-42-62(70)68-38-10-9-37-67-61/h1-8,11-36H,9-10,37-42H2,(H,67,69)(H,68,70). The lowest BCUT2D eigenvalue weighted by Gasteiger charge is -2.20. The fraction of sp³-hybridized carbons (Fsp3) is 0.121. The van der Waals surface area contributed by atoms with E-state index in [0.717, 1.165) is 87.6 Å². The Labute approximate surface area is 439 Å². The highest BCUT2D eigenvalue weighted by Gasteiger charge is 2.22. The highest BCUT2D eigenvalue weighted by Crippen LogP contribution is 2.48. The third-order valence-electron chi connectivity index (χ3n) is 13.9. The van der Waals surface area contributed by atoms with Crippen LogP contribution in [0.1, 0.15) is 24.0 Å².